The first-order chi connectivity index (χ1) is 7.08. The first-order valence-corrected chi connectivity index (χ1v) is 4.76. The van der Waals surface area contributed by atoms with Gasteiger partial charge in [0.1, 0.15) is 12.4 Å². The standard InChI is InChI=1S/C12H12O3/c1-7-3-10-9(5-12(13)14)6-15-11(10)4-8(7)2/h3-5H,6H2,1-2H3,(H,13,14)/b9-5+. The number of aryl methyl sites for hydroxylation is 2. The summed E-state index contributed by atoms with van der Waals surface area (Å²) in [6.45, 7) is 4.37. The van der Waals surface area contributed by atoms with Crippen molar-refractivity contribution >= 4 is 11.5 Å². The first-order valence-electron chi connectivity index (χ1n) is 4.76. The molecule has 0 spiro atoms. The molecule has 0 aromatic heterocycles. The molecule has 2 rings (SSSR count). The summed E-state index contributed by atoms with van der Waals surface area (Å²) in [7, 11) is 0. The molecule has 0 aliphatic carbocycles. The fourth-order valence-corrected chi connectivity index (χ4v) is 1.66. The van der Waals surface area contributed by atoms with Crippen LogP contribution in [0.15, 0.2) is 18.2 Å². The fraction of sp³-hybridized carbons (Fsp3) is 0.250. The Bertz CT molecular complexity index is 458. The van der Waals surface area contributed by atoms with Gasteiger partial charge in [-0.15, -0.1) is 0 Å². The summed E-state index contributed by atoms with van der Waals surface area (Å²) >= 11 is 0. The van der Waals surface area contributed by atoms with Gasteiger partial charge in [-0.1, -0.05) is 0 Å². The Balaban J connectivity index is 2.51. The molecule has 1 aliphatic rings. The lowest BCUT2D eigenvalue weighted by molar-refractivity contribution is -0.131. The van der Waals surface area contributed by atoms with Crippen LogP contribution in [0.3, 0.4) is 0 Å². The highest BCUT2D eigenvalue weighted by Crippen LogP contribution is 2.35. The molecule has 0 fully saturated rings. The number of carboxylic acid groups (broad SMARTS) is 1. The zero-order chi connectivity index (χ0) is 11.0. The molecule has 0 bridgehead atoms. The highest BCUT2D eigenvalue weighted by Gasteiger charge is 2.19. The summed E-state index contributed by atoms with van der Waals surface area (Å²) in [5.41, 5.74) is 3.95. The van der Waals surface area contributed by atoms with Gasteiger partial charge in [-0.3, -0.25) is 0 Å². The molecule has 0 atom stereocenters. The number of hydrogen-bond donors (Lipinski definition) is 1. The summed E-state index contributed by atoms with van der Waals surface area (Å²) < 4.78 is 5.42. The summed E-state index contributed by atoms with van der Waals surface area (Å²) in [6, 6.07) is 3.93. The molecule has 3 nitrogen and oxygen atoms in total. The van der Waals surface area contributed by atoms with Gasteiger partial charge in [-0.2, -0.15) is 0 Å². The SMILES string of the molecule is Cc1cc2c(cc1C)/C(=C/C(=O)O)CO2. The summed E-state index contributed by atoms with van der Waals surface area (Å²) in [4.78, 5) is 10.6. The highest BCUT2D eigenvalue weighted by atomic mass is 16.5. The molecule has 1 aliphatic heterocycles. The van der Waals surface area contributed by atoms with Crippen LogP contribution in [0.4, 0.5) is 0 Å². The van der Waals surface area contributed by atoms with Crippen molar-refractivity contribution in [3.05, 3.63) is 34.9 Å². The molecule has 3 heteroatoms. The van der Waals surface area contributed by atoms with Gasteiger partial charge >= 0.3 is 5.97 Å². The normalized spacial score (nSPS) is 16.3. The van der Waals surface area contributed by atoms with E-state index >= 15 is 0 Å². The first kappa shape index (κ1) is 9.77. The van der Waals surface area contributed by atoms with E-state index in [1.54, 1.807) is 0 Å². The van der Waals surface area contributed by atoms with Crippen LogP contribution in [-0.2, 0) is 4.79 Å². The molecule has 15 heavy (non-hydrogen) atoms. The minimum absolute atomic E-state index is 0.352. The van der Waals surface area contributed by atoms with Crippen molar-refractivity contribution in [2.75, 3.05) is 6.61 Å². The van der Waals surface area contributed by atoms with Crippen molar-refractivity contribution in [3.63, 3.8) is 0 Å². The van der Waals surface area contributed by atoms with E-state index in [0.29, 0.717) is 6.61 Å². The van der Waals surface area contributed by atoms with Crippen LogP contribution in [0.2, 0.25) is 0 Å². The number of hydrogen-bond acceptors (Lipinski definition) is 2. The van der Waals surface area contributed by atoms with Gasteiger partial charge in [0, 0.05) is 17.2 Å². The van der Waals surface area contributed by atoms with Gasteiger partial charge in [-0.05, 0) is 37.1 Å². The van der Waals surface area contributed by atoms with E-state index in [0.717, 1.165) is 28.0 Å². The lowest BCUT2D eigenvalue weighted by Crippen LogP contribution is -1.93. The van der Waals surface area contributed by atoms with Crippen molar-refractivity contribution in [1.82, 2.24) is 0 Å². The molecule has 1 aromatic rings. The van der Waals surface area contributed by atoms with E-state index in [4.69, 9.17) is 9.84 Å². The van der Waals surface area contributed by atoms with Crippen molar-refractivity contribution < 1.29 is 14.6 Å². The van der Waals surface area contributed by atoms with Gasteiger partial charge < -0.3 is 9.84 Å². The van der Waals surface area contributed by atoms with Gasteiger partial charge in [0.2, 0.25) is 0 Å². The van der Waals surface area contributed by atoms with Gasteiger partial charge in [-0.25, -0.2) is 4.79 Å². The van der Waals surface area contributed by atoms with Crippen LogP contribution >= 0.6 is 0 Å². The molecule has 0 amide bonds. The Hall–Kier alpha value is -1.77. The smallest absolute Gasteiger partial charge is 0.328 e. The third kappa shape index (κ3) is 1.73. The van der Waals surface area contributed by atoms with E-state index in [1.807, 2.05) is 26.0 Å². The number of fused-ring (bicyclic) bond motifs is 1. The molecule has 78 valence electrons. The monoisotopic (exact) mass is 204 g/mol. The molecule has 1 N–H and O–H groups in total. The largest absolute Gasteiger partial charge is 0.488 e. The molecule has 1 heterocycles. The average molecular weight is 204 g/mol. The summed E-state index contributed by atoms with van der Waals surface area (Å²) in [6.07, 6.45) is 1.21. The fourth-order valence-electron chi connectivity index (χ4n) is 1.66. The number of carbonyl (C=O) groups is 1. The molecular weight excluding hydrogens is 192 g/mol. The number of rotatable bonds is 1. The topological polar surface area (TPSA) is 46.5 Å². The summed E-state index contributed by atoms with van der Waals surface area (Å²) in [5, 5.41) is 8.69. The molecule has 0 radical (unpaired) electrons. The zero-order valence-electron chi connectivity index (χ0n) is 8.70. The summed E-state index contributed by atoms with van der Waals surface area (Å²) in [5.74, 6) is -0.148. The van der Waals surface area contributed by atoms with Gasteiger partial charge in [0.05, 0.1) is 0 Å². The minimum atomic E-state index is -0.931. The van der Waals surface area contributed by atoms with Crippen LogP contribution < -0.4 is 4.74 Å². The number of ether oxygens (including phenoxy) is 1. The van der Waals surface area contributed by atoms with Crippen LogP contribution in [0.25, 0.3) is 5.57 Å². The third-order valence-corrected chi connectivity index (χ3v) is 2.62. The number of benzene rings is 1. The van der Waals surface area contributed by atoms with Crippen molar-refractivity contribution in [3.8, 4) is 5.75 Å². The van der Waals surface area contributed by atoms with Crippen LogP contribution in [0, 0.1) is 13.8 Å². The van der Waals surface area contributed by atoms with E-state index < -0.39 is 5.97 Å². The second kappa shape index (κ2) is 3.42. The number of carboxylic acids is 1. The molecule has 0 saturated carbocycles. The Labute approximate surface area is 88.0 Å². The van der Waals surface area contributed by atoms with E-state index in [2.05, 4.69) is 0 Å². The molecule has 0 unspecified atom stereocenters. The molecule has 1 aromatic carbocycles. The number of aliphatic carboxylic acids is 1. The minimum Gasteiger partial charge on any atom is -0.488 e. The molecule has 0 saturated heterocycles. The van der Waals surface area contributed by atoms with Crippen molar-refractivity contribution in [2.24, 2.45) is 0 Å². The average Bonchev–Trinajstić information content (AvgIpc) is 2.49. The zero-order valence-corrected chi connectivity index (χ0v) is 8.70. The lowest BCUT2D eigenvalue weighted by Gasteiger charge is -2.03. The second-order valence-corrected chi connectivity index (χ2v) is 3.73. The Morgan fingerprint density at radius 2 is 2.07 bits per heavy atom. The Morgan fingerprint density at radius 1 is 1.40 bits per heavy atom. The second-order valence-electron chi connectivity index (χ2n) is 3.73. The van der Waals surface area contributed by atoms with E-state index in [-0.39, 0.29) is 0 Å². The maximum atomic E-state index is 10.6. The van der Waals surface area contributed by atoms with E-state index in [1.165, 1.54) is 6.08 Å². The third-order valence-electron chi connectivity index (χ3n) is 2.62. The predicted molar refractivity (Wildman–Crippen MR) is 57.0 cm³/mol. The quantitative estimate of drug-likeness (QED) is 0.713. The highest BCUT2D eigenvalue weighted by molar-refractivity contribution is 5.92. The predicted octanol–water partition coefficient (Wildman–Crippen LogP) is 2.16. The van der Waals surface area contributed by atoms with Crippen LogP contribution in [-0.4, -0.2) is 17.7 Å². The van der Waals surface area contributed by atoms with Gasteiger partial charge in [0.25, 0.3) is 0 Å². The van der Waals surface area contributed by atoms with Crippen LogP contribution in [0.1, 0.15) is 16.7 Å². The lowest BCUT2D eigenvalue weighted by atomic mass is 10.0. The Morgan fingerprint density at radius 3 is 2.73 bits per heavy atom. The molecular formula is C12H12O3. The van der Waals surface area contributed by atoms with Crippen molar-refractivity contribution in [1.29, 1.82) is 0 Å². The maximum Gasteiger partial charge on any atom is 0.328 e. The van der Waals surface area contributed by atoms with Gasteiger partial charge in [0.15, 0.2) is 0 Å². The van der Waals surface area contributed by atoms with Crippen molar-refractivity contribution in [2.45, 2.75) is 13.8 Å². The van der Waals surface area contributed by atoms with Crippen LogP contribution in [0.5, 0.6) is 5.75 Å². The Kier molecular flexibility index (Phi) is 2.23. The maximum absolute atomic E-state index is 10.6. The van der Waals surface area contributed by atoms with E-state index in [9.17, 15) is 4.79 Å².